The van der Waals surface area contributed by atoms with Crippen molar-refractivity contribution < 1.29 is 9.59 Å². The molecule has 0 unspecified atom stereocenters. The van der Waals surface area contributed by atoms with E-state index in [0.717, 1.165) is 5.56 Å². The van der Waals surface area contributed by atoms with E-state index in [1.54, 1.807) is 42.7 Å². The topological polar surface area (TPSA) is 121 Å². The predicted octanol–water partition coefficient (Wildman–Crippen LogP) is 2.58. The fourth-order valence-electron chi connectivity index (χ4n) is 2.76. The highest BCUT2D eigenvalue weighted by molar-refractivity contribution is 6.30. The Morgan fingerprint density at radius 2 is 1.44 bits per heavy atom. The Morgan fingerprint density at radius 3 is 2.03 bits per heavy atom. The standard InChI is InChI=1S/C22H24ClN7O2/c1-15(31)25-10-11-26-19-14-20(30-21(29-19)16-2-4-18(23)5-3-16)27-12-13-28-22(32)17-6-8-24-9-7-17/h2-9,14H,10-13H2,1H3,(H,25,31)(H,28,32)(H2,26,27,29,30). The van der Waals surface area contributed by atoms with Crippen LogP contribution >= 0.6 is 11.6 Å². The van der Waals surface area contributed by atoms with Crippen molar-refractivity contribution in [3.63, 3.8) is 0 Å². The maximum Gasteiger partial charge on any atom is 0.251 e. The lowest BCUT2D eigenvalue weighted by atomic mass is 10.2. The van der Waals surface area contributed by atoms with Gasteiger partial charge in [-0.3, -0.25) is 14.6 Å². The summed E-state index contributed by atoms with van der Waals surface area (Å²) < 4.78 is 0. The van der Waals surface area contributed by atoms with Crippen LogP contribution in [0, 0.1) is 0 Å². The Kier molecular flexibility index (Phi) is 8.33. The van der Waals surface area contributed by atoms with Gasteiger partial charge in [0.1, 0.15) is 11.6 Å². The minimum atomic E-state index is -0.168. The molecule has 32 heavy (non-hydrogen) atoms. The number of hydrogen-bond donors (Lipinski definition) is 4. The lowest BCUT2D eigenvalue weighted by molar-refractivity contribution is -0.118. The van der Waals surface area contributed by atoms with Crippen molar-refractivity contribution in [1.29, 1.82) is 0 Å². The molecule has 0 radical (unpaired) electrons. The summed E-state index contributed by atoms with van der Waals surface area (Å²) in [5, 5.41) is 12.6. The van der Waals surface area contributed by atoms with Crippen LogP contribution in [0.15, 0.2) is 54.9 Å². The molecule has 2 aromatic heterocycles. The molecule has 0 saturated carbocycles. The van der Waals surface area contributed by atoms with Crippen LogP contribution in [0.3, 0.4) is 0 Å². The molecule has 0 fully saturated rings. The highest BCUT2D eigenvalue weighted by atomic mass is 35.5. The summed E-state index contributed by atoms with van der Waals surface area (Å²) in [5.74, 6) is 1.48. The number of hydrogen-bond acceptors (Lipinski definition) is 7. The van der Waals surface area contributed by atoms with Gasteiger partial charge in [0.2, 0.25) is 5.91 Å². The fourth-order valence-corrected chi connectivity index (χ4v) is 2.88. The number of anilines is 2. The second kappa shape index (κ2) is 11.6. The molecule has 1 aromatic carbocycles. The lowest BCUT2D eigenvalue weighted by Crippen LogP contribution is -2.29. The lowest BCUT2D eigenvalue weighted by Gasteiger charge is -2.12. The first kappa shape index (κ1) is 23.0. The van der Waals surface area contributed by atoms with Gasteiger partial charge in [-0.2, -0.15) is 0 Å². The first-order chi connectivity index (χ1) is 15.5. The number of nitrogens with zero attached hydrogens (tertiary/aromatic N) is 3. The van der Waals surface area contributed by atoms with Crippen LogP contribution in [-0.4, -0.2) is 52.9 Å². The normalized spacial score (nSPS) is 10.3. The molecule has 0 atom stereocenters. The van der Waals surface area contributed by atoms with Gasteiger partial charge in [-0.25, -0.2) is 9.97 Å². The molecule has 166 valence electrons. The number of carbonyl (C=O) groups is 2. The number of benzene rings is 1. The third-order valence-corrected chi connectivity index (χ3v) is 4.54. The van der Waals surface area contributed by atoms with Gasteiger partial charge < -0.3 is 21.3 Å². The molecule has 0 aliphatic carbocycles. The molecule has 9 nitrogen and oxygen atoms in total. The summed E-state index contributed by atoms with van der Waals surface area (Å²) in [6.45, 7) is 3.34. The summed E-state index contributed by atoms with van der Waals surface area (Å²) in [6.07, 6.45) is 3.15. The van der Waals surface area contributed by atoms with Crippen LogP contribution in [0.1, 0.15) is 17.3 Å². The Bertz CT molecular complexity index is 1050. The van der Waals surface area contributed by atoms with Gasteiger partial charge in [-0.1, -0.05) is 11.6 Å². The number of amides is 2. The van der Waals surface area contributed by atoms with Crippen molar-refractivity contribution in [2.45, 2.75) is 6.92 Å². The molecule has 2 heterocycles. The highest BCUT2D eigenvalue weighted by Crippen LogP contribution is 2.22. The number of halogens is 1. The Balaban J connectivity index is 1.64. The Hall–Kier alpha value is -3.72. The van der Waals surface area contributed by atoms with E-state index < -0.39 is 0 Å². The minimum absolute atomic E-state index is 0.0903. The van der Waals surface area contributed by atoms with E-state index in [2.05, 4.69) is 36.2 Å². The van der Waals surface area contributed by atoms with Crippen LogP contribution in [0.4, 0.5) is 11.6 Å². The van der Waals surface area contributed by atoms with E-state index in [0.29, 0.717) is 54.2 Å². The van der Waals surface area contributed by atoms with Gasteiger partial charge in [0.05, 0.1) is 0 Å². The molecular weight excluding hydrogens is 430 g/mol. The zero-order valence-electron chi connectivity index (χ0n) is 17.6. The van der Waals surface area contributed by atoms with Crippen molar-refractivity contribution >= 4 is 35.1 Å². The van der Waals surface area contributed by atoms with Crippen molar-refractivity contribution in [3.05, 3.63) is 65.4 Å². The zero-order chi connectivity index (χ0) is 22.8. The van der Waals surface area contributed by atoms with Crippen LogP contribution in [-0.2, 0) is 4.79 Å². The van der Waals surface area contributed by atoms with Crippen molar-refractivity contribution in [2.24, 2.45) is 0 Å². The molecule has 2 amide bonds. The Morgan fingerprint density at radius 1 is 0.844 bits per heavy atom. The van der Waals surface area contributed by atoms with Gasteiger partial charge in [0.15, 0.2) is 5.82 Å². The largest absolute Gasteiger partial charge is 0.368 e. The third kappa shape index (κ3) is 7.21. The summed E-state index contributed by atoms with van der Waals surface area (Å²) in [5.41, 5.74) is 1.37. The van der Waals surface area contributed by atoms with Gasteiger partial charge in [0.25, 0.3) is 5.91 Å². The quantitative estimate of drug-likeness (QED) is 0.348. The van der Waals surface area contributed by atoms with Gasteiger partial charge >= 0.3 is 0 Å². The SMILES string of the molecule is CC(=O)NCCNc1cc(NCCNC(=O)c2ccncc2)nc(-c2ccc(Cl)cc2)n1. The molecule has 10 heteroatoms. The molecule has 0 aliphatic heterocycles. The number of carbonyl (C=O) groups excluding carboxylic acids is 2. The number of rotatable bonds is 10. The first-order valence-corrected chi connectivity index (χ1v) is 10.4. The van der Waals surface area contributed by atoms with E-state index in [-0.39, 0.29) is 11.8 Å². The summed E-state index contributed by atoms with van der Waals surface area (Å²) in [6, 6.07) is 12.3. The van der Waals surface area contributed by atoms with Crippen molar-refractivity contribution in [1.82, 2.24) is 25.6 Å². The van der Waals surface area contributed by atoms with E-state index in [1.165, 1.54) is 6.92 Å². The monoisotopic (exact) mass is 453 g/mol. The highest BCUT2D eigenvalue weighted by Gasteiger charge is 2.08. The molecule has 0 saturated heterocycles. The average molecular weight is 454 g/mol. The Labute approximate surface area is 191 Å². The van der Waals surface area contributed by atoms with Crippen LogP contribution in [0.5, 0.6) is 0 Å². The van der Waals surface area contributed by atoms with Gasteiger partial charge in [0, 0.05) is 67.7 Å². The average Bonchev–Trinajstić information content (AvgIpc) is 2.80. The second-order valence-electron chi connectivity index (χ2n) is 6.80. The summed E-state index contributed by atoms with van der Waals surface area (Å²) >= 11 is 5.99. The van der Waals surface area contributed by atoms with E-state index in [1.807, 2.05) is 12.1 Å². The molecular formula is C22H24ClN7O2. The maximum atomic E-state index is 12.1. The minimum Gasteiger partial charge on any atom is -0.368 e. The molecule has 4 N–H and O–H groups in total. The molecule has 3 rings (SSSR count). The van der Waals surface area contributed by atoms with Gasteiger partial charge in [-0.05, 0) is 36.4 Å². The summed E-state index contributed by atoms with van der Waals surface area (Å²) in [4.78, 5) is 36.2. The molecule has 3 aromatic rings. The number of nitrogens with one attached hydrogen (secondary N) is 4. The smallest absolute Gasteiger partial charge is 0.251 e. The summed E-state index contributed by atoms with van der Waals surface area (Å²) in [7, 11) is 0. The van der Waals surface area contributed by atoms with E-state index >= 15 is 0 Å². The van der Waals surface area contributed by atoms with Crippen LogP contribution < -0.4 is 21.3 Å². The number of aromatic nitrogens is 3. The maximum absolute atomic E-state index is 12.1. The molecule has 0 aliphatic rings. The van der Waals surface area contributed by atoms with Crippen molar-refractivity contribution in [3.8, 4) is 11.4 Å². The van der Waals surface area contributed by atoms with Crippen LogP contribution in [0.2, 0.25) is 5.02 Å². The van der Waals surface area contributed by atoms with E-state index in [9.17, 15) is 9.59 Å². The molecule has 0 spiro atoms. The first-order valence-electron chi connectivity index (χ1n) is 10.1. The van der Waals surface area contributed by atoms with Crippen molar-refractivity contribution in [2.75, 3.05) is 36.8 Å². The molecule has 0 bridgehead atoms. The predicted molar refractivity (Wildman–Crippen MR) is 125 cm³/mol. The van der Waals surface area contributed by atoms with Gasteiger partial charge in [-0.15, -0.1) is 0 Å². The fraction of sp³-hybridized carbons (Fsp3) is 0.227. The second-order valence-corrected chi connectivity index (χ2v) is 7.23. The number of pyridine rings is 1. The van der Waals surface area contributed by atoms with Crippen LogP contribution in [0.25, 0.3) is 11.4 Å². The zero-order valence-corrected chi connectivity index (χ0v) is 18.3. The third-order valence-electron chi connectivity index (χ3n) is 4.29. The van der Waals surface area contributed by atoms with E-state index in [4.69, 9.17) is 11.6 Å².